The Hall–Kier alpha value is -1.44. The molecule has 0 bridgehead atoms. The molecule has 0 unspecified atom stereocenters. The molecule has 3 atom stereocenters. The van der Waals surface area contributed by atoms with Crippen LogP contribution in [0.4, 0.5) is 4.79 Å². The average Bonchev–Trinajstić information content (AvgIpc) is 3.32. The zero-order chi connectivity index (χ0) is 17.9. The zero-order valence-electron chi connectivity index (χ0n) is 15.3. The normalized spacial score (nSPS) is 25.2. The molecule has 1 aromatic rings. The second-order valence-corrected chi connectivity index (χ2v) is 8.62. The first-order valence-electron chi connectivity index (χ1n) is 9.46. The molecule has 3 amide bonds. The van der Waals surface area contributed by atoms with Gasteiger partial charge in [-0.3, -0.25) is 4.79 Å². The van der Waals surface area contributed by atoms with E-state index < -0.39 is 0 Å². The molecule has 4 rings (SSSR count). The summed E-state index contributed by atoms with van der Waals surface area (Å²) in [6.07, 6.45) is 3.55. The van der Waals surface area contributed by atoms with Gasteiger partial charge < -0.3 is 21.3 Å². The number of amides is 3. The highest BCUT2D eigenvalue weighted by Crippen LogP contribution is 2.33. The van der Waals surface area contributed by atoms with Crippen molar-refractivity contribution >= 4 is 36.1 Å². The predicted octanol–water partition coefficient (Wildman–Crippen LogP) is 2.05. The molecular formula is C19H27ClN4O2S. The summed E-state index contributed by atoms with van der Waals surface area (Å²) in [6, 6.07) is 6.95. The lowest BCUT2D eigenvalue weighted by atomic mass is 10.0. The van der Waals surface area contributed by atoms with Gasteiger partial charge >= 0.3 is 6.03 Å². The van der Waals surface area contributed by atoms with Gasteiger partial charge in [0.25, 0.3) is 0 Å². The van der Waals surface area contributed by atoms with E-state index >= 15 is 0 Å². The number of benzene rings is 1. The number of carbonyl (C=O) groups excluding carboxylic acids is 2. The van der Waals surface area contributed by atoms with Crippen LogP contribution in [0.15, 0.2) is 18.2 Å². The van der Waals surface area contributed by atoms with Crippen LogP contribution in [-0.4, -0.2) is 35.0 Å². The van der Waals surface area contributed by atoms with Crippen molar-refractivity contribution in [2.24, 2.45) is 0 Å². The average molecular weight is 411 g/mol. The second kappa shape index (κ2) is 9.17. The number of nitrogens with one attached hydrogen (secondary N) is 4. The number of thioether (sulfide) groups is 1. The first-order valence-corrected chi connectivity index (χ1v) is 10.5. The summed E-state index contributed by atoms with van der Waals surface area (Å²) in [5.41, 5.74) is 3.87. The summed E-state index contributed by atoms with van der Waals surface area (Å²) in [5, 5.41) is 12.8. The molecule has 27 heavy (non-hydrogen) atoms. The summed E-state index contributed by atoms with van der Waals surface area (Å²) < 4.78 is 0. The quantitative estimate of drug-likeness (QED) is 0.409. The van der Waals surface area contributed by atoms with Gasteiger partial charge in [0.15, 0.2) is 0 Å². The van der Waals surface area contributed by atoms with Crippen molar-refractivity contribution in [2.75, 3.05) is 5.75 Å². The molecule has 4 N–H and O–H groups in total. The number of rotatable bonds is 7. The molecule has 2 fully saturated rings. The molecule has 6 nitrogen and oxygen atoms in total. The topological polar surface area (TPSA) is 82.3 Å². The summed E-state index contributed by atoms with van der Waals surface area (Å²) in [6.45, 7) is 2.47. The lowest BCUT2D eigenvalue weighted by molar-refractivity contribution is -0.121. The van der Waals surface area contributed by atoms with Gasteiger partial charge in [0.05, 0.1) is 12.1 Å². The van der Waals surface area contributed by atoms with Crippen LogP contribution >= 0.6 is 24.2 Å². The van der Waals surface area contributed by atoms with Gasteiger partial charge in [-0.1, -0.05) is 24.6 Å². The minimum atomic E-state index is -0.0352. The van der Waals surface area contributed by atoms with Crippen LogP contribution in [-0.2, 0) is 24.4 Å². The van der Waals surface area contributed by atoms with Crippen molar-refractivity contribution < 1.29 is 9.59 Å². The fourth-order valence-electron chi connectivity index (χ4n) is 4.02. The van der Waals surface area contributed by atoms with Gasteiger partial charge in [0.1, 0.15) is 0 Å². The van der Waals surface area contributed by atoms with E-state index in [1.807, 2.05) is 11.8 Å². The number of carbonyl (C=O) groups is 2. The third-order valence-corrected chi connectivity index (χ3v) is 6.98. The lowest BCUT2D eigenvalue weighted by Crippen LogP contribution is -2.36. The van der Waals surface area contributed by atoms with Crippen molar-refractivity contribution in [3.8, 4) is 0 Å². The minimum absolute atomic E-state index is 0. The third kappa shape index (κ3) is 4.89. The van der Waals surface area contributed by atoms with Gasteiger partial charge in [-0.15, -0.1) is 12.4 Å². The molecule has 0 radical (unpaired) electrons. The summed E-state index contributed by atoms with van der Waals surface area (Å²) >= 11 is 1.93. The lowest BCUT2D eigenvalue weighted by Gasteiger charge is -2.16. The highest BCUT2D eigenvalue weighted by Gasteiger charge is 2.42. The maximum Gasteiger partial charge on any atom is 0.315 e. The molecule has 3 aliphatic heterocycles. The Morgan fingerprint density at radius 1 is 1.19 bits per heavy atom. The monoisotopic (exact) mass is 410 g/mol. The van der Waals surface area contributed by atoms with Gasteiger partial charge in [-0.05, 0) is 29.5 Å². The van der Waals surface area contributed by atoms with E-state index in [4.69, 9.17) is 0 Å². The first-order chi connectivity index (χ1) is 12.7. The third-order valence-electron chi connectivity index (χ3n) is 5.47. The van der Waals surface area contributed by atoms with E-state index in [0.717, 1.165) is 38.1 Å². The molecule has 3 heterocycles. The Bertz CT molecular complexity index is 702. The van der Waals surface area contributed by atoms with Crippen LogP contribution in [0.5, 0.6) is 0 Å². The van der Waals surface area contributed by atoms with E-state index in [0.29, 0.717) is 18.2 Å². The fraction of sp³-hybridized carbons (Fsp3) is 0.579. The molecule has 0 spiro atoms. The molecule has 0 saturated carbocycles. The van der Waals surface area contributed by atoms with E-state index in [1.54, 1.807) is 0 Å². The van der Waals surface area contributed by atoms with Crippen LogP contribution in [0.2, 0.25) is 0 Å². The number of halogens is 1. The molecule has 148 valence electrons. The van der Waals surface area contributed by atoms with Crippen LogP contribution in [0.1, 0.15) is 42.4 Å². The van der Waals surface area contributed by atoms with E-state index in [9.17, 15) is 9.59 Å². The van der Waals surface area contributed by atoms with E-state index in [-0.39, 0.29) is 36.4 Å². The van der Waals surface area contributed by atoms with Crippen molar-refractivity contribution in [1.29, 1.82) is 0 Å². The molecular weight excluding hydrogens is 384 g/mol. The zero-order valence-corrected chi connectivity index (χ0v) is 16.9. The predicted molar refractivity (Wildman–Crippen MR) is 110 cm³/mol. The number of fused-ring (bicyclic) bond motifs is 2. The number of urea groups is 1. The smallest absolute Gasteiger partial charge is 0.315 e. The summed E-state index contributed by atoms with van der Waals surface area (Å²) in [7, 11) is 0. The molecule has 1 aromatic carbocycles. The Morgan fingerprint density at radius 2 is 2.04 bits per heavy atom. The second-order valence-electron chi connectivity index (χ2n) is 7.35. The molecule has 0 aromatic heterocycles. The van der Waals surface area contributed by atoms with Crippen LogP contribution < -0.4 is 21.3 Å². The van der Waals surface area contributed by atoms with E-state index in [2.05, 4.69) is 39.5 Å². The standard InChI is InChI=1S/C19H26N4O2S.ClH/c24-17(21-8-12-5-6-13-9-20-10-14(13)7-12)4-2-1-3-16-18-15(11-26-16)22-19(25)23-18;/h5-7,15-16,18,20H,1-4,8-11H2,(H,21,24)(H2,22,23,25);1H/t15-,16-,18-;/m0./s1. The van der Waals surface area contributed by atoms with Crippen molar-refractivity contribution in [3.05, 3.63) is 34.9 Å². The van der Waals surface area contributed by atoms with Gasteiger partial charge in [0.2, 0.25) is 5.91 Å². The van der Waals surface area contributed by atoms with Crippen molar-refractivity contribution in [1.82, 2.24) is 21.3 Å². The fourth-order valence-corrected chi connectivity index (χ4v) is 5.56. The Kier molecular flexibility index (Phi) is 6.89. The van der Waals surface area contributed by atoms with Crippen molar-refractivity contribution in [2.45, 2.75) is 62.7 Å². The van der Waals surface area contributed by atoms with Crippen LogP contribution in [0.25, 0.3) is 0 Å². The van der Waals surface area contributed by atoms with Crippen LogP contribution in [0, 0.1) is 0 Å². The van der Waals surface area contributed by atoms with Gasteiger partial charge in [0, 0.05) is 37.1 Å². The number of unbranched alkanes of at least 4 members (excludes halogenated alkanes) is 1. The Balaban J connectivity index is 0.00000210. The number of hydrogen-bond acceptors (Lipinski definition) is 4. The van der Waals surface area contributed by atoms with Crippen molar-refractivity contribution in [3.63, 3.8) is 0 Å². The SMILES string of the molecule is Cl.O=C(CCCC[C@@H]1SC[C@@H]2NC(=O)N[C@@H]21)NCc1ccc2c(c1)CNC2. The van der Waals surface area contributed by atoms with Gasteiger partial charge in [-0.2, -0.15) is 11.8 Å². The first kappa shape index (κ1) is 20.3. The highest BCUT2D eigenvalue weighted by atomic mass is 35.5. The number of hydrogen-bond donors (Lipinski definition) is 4. The highest BCUT2D eigenvalue weighted by molar-refractivity contribution is 8.00. The van der Waals surface area contributed by atoms with E-state index in [1.165, 1.54) is 16.7 Å². The van der Waals surface area contributed by atoms with Crippen LogP contribution in [0.3, 0.4) is 0 Å². The Labute approximate surface area is 170 Å². The maximum atomic E-state index is 12.1. The molecule has 0 aliphatic carbocycles. The van der Waals surface area contributed by atoms with Gasteiger partial charge in [-0.25, -0.2) is 4.79 Å². The Morgan fingerprint density at radius 3 is 2.93 bits per heavy atom. The largest absolute Gasteiger partial charge is 0.352 e. The maximum absolute atomic E-state index is 12.1. The molecule has 3 aliphatic rings. The summed E-state index contributed by atoms with van der Waals surface area (Å²) in [4.78, 5) is 23.5. The summed E-state index contributed by atoms with van der Waals surface area (Å²) in [5.74, 6) is 1.11. The molecule has 8 heteroatoms. The molecule has 2 saturated heterocycles. The minimum Gasteiger partial charge on any atom is -0.352 e.